The summed E-state index contributed by atoms with van der Waals surface area (Å²) in [4.78, 5) is 14.8. The fourth-order valence-corrected chi connectivity index (χ4v) is 9.66. The first-order chi connectivity index (χ1) is 31.2. The fraction of sp³-hybridized carbons (Fsp3) is 0.0351. The summed E-state index contributed by atoms with van der Waals surface area (Å²) in [6, 6.07) is 64.1. The van der Waals surface area contributed by atoms with E-state index in [2.05, 4.69) is 149 Å². The summed E-state index contributed by atoms with van der Waals surface area (Å²) in [7, 11) is 0. The second-order valence-electron chi connectivity index (χ2n) is 16.3. The van der Waals surface area contributed by atoms with Crippen molar-refractivity contribution >= 4 is 71.2 Å². The van der Waals surface area contributed by atoms with E-state index in [0.717, 1.165) is 68.3 Å². The Morgan fingerprint density at radius 3 is 1.63 bits per heavy atom. The zero-order chi connectivity index (χ0) is 41.4. The highest BCUT2D eigenvalue weighted by Gasteiger charge is 2.22. The number of furan rings is 1. The molecular weight excluding hydrogens is 771 g/mol. The van der Waals surface area contributed by atoms with E-state index >= 15 is 0 Å². The lowest BCUT2D eigenvalue weighted by Gasteiger charge is -2.15. The molecule has 0 spiro atoms. The van der Waals surface area contributed by atoms with Crippen molar-refractivity contribution < 1.29 is 4.42 Å². The number of nitrogens with zero attached hydrogens (tertiary/aromatic N) is 5. The normalized spacial score (nSPS) is 13.0. The maximum Gasteiger partial charge on any atom is 0.164 e. The van der Waals surface area contributed by atoms with Crippen molar-refractivity contribution in [1.82, 2.24) is 24.1 Å². The van der Waals surface area contributed by atoms with Gasteiger partial charge in [-0.2, -0.15) is 0 Å². The van der Waals surface area contributed by atoms with Crippen LogP contribution in [0, 0.1) is 0 Å². The molecule has 0 radical (unpaired) electrons. The van der Waals surface area contributed by atoms with E-state index < -0.39 is 0 Å². The number of hydrogen-bond donors (Lipinski definition) is 0. The molecule has 0 saturated carbocycles. The van der Waals surface area contributed by atoms with Gasteiger partial charge in [0, 0.05) is 60.4 Å². The zero-order valence-electron chi connectivity index (χ0n) is 34.1. The Morgan fingerprint density at radius 1 is 0.381 bits per heavy atom. The summed E-state index contributed by atoms with van der Waals surface area (Å²) in [5, 5.41) is 7.08. The fourth-order valence-electron chi connectivity index (χ4n) is 9.66. The molecule has 6 heteroatoms. The Hall–Kier alpha value is -8.35. The summed E-state index contributed by atoms with van der Waals surface area (Å²) in [5.41, 5.74) is 13.8. The Bertz CT molecular complexity index is 3790. The molecule has 1 aliphatic carbocycles. The topological polar surface area (TPSA) is 61.7 Å². The van der Waals surface area contributed by atoms with Crippen LogP contribution < -0.4 is 0 Å². The molecule has 0 fully saturated rings. The van der Waals surface area contributed by atoms with Crippen LogP contribution in [0.3, 0.4) is 0 Å². The zero-order valence-corrected chi connectivity index (χ0v) is 34.1. The van der Waals surface area contributed by atoms with Crippen LogP contribution in [-0.2, 0) is 0 Å². The average molecular weight is 808 g/mol. The monoisotopic (exact) mass is 807 g/mol. The lowest BCUT2D eigenvalue weighted by molar-refractivity contribution is 0.669. The van der Waals surface area contributed by atoms with Crippen LogP contribution in [-0.4, -0.2) is 24.1 Å². The van der Waals surface area contributed by atoms with Gasteiger partial charge in [-0.1, -0.05) is 146 Å². The van der Waals surface area contributed by atoms with Gasteiger partial charge in [0.1, 0.15) is 11.2 Å². The standard InChI is InChI=1S/C57H37N5O/c1-4-15-36(16-5-1)55-58-56(37-17-6-2-7-18-37)60-57(59-55)40-27-29-45-48-34-39(28-32-51(48)63-52(45)35-40)38-19-14-22-42(33-38)62-50-26-13-11-24-44(50)47-31-30-46-43-23-10-12-25-49(43)61(53(46)54(47)62)41-20-8-3-9-21-41/h1-2,4-8,10-35H,3,9H2. The SMILES string of the molecule is C1=CC(n2c3ccccc3c3ccc4c5ccccc5n(-c5cccc(-c6ccc7oc8cc(-c9nc(-c%10ccccc%10)nc(-c%10ccccc%10)n9)ccc8c7c6)c5)c4c32)=CCC1. The first kappa shape index (κ1) is 35.4. The van der Waals surface area contributed by atoms with Gasteiger partial charge in [-0.05, 0) is 78.6 Å². The van der Waals surface area contributed by atoms with E-state index in [9.17, 15) is 0 Å². The number of hydrogen-bond acceptors (Lipinski definition) is 4. The minimum absolute atomic E-state index is 0.595. The number of para-hydroxylation sites is 2. The van der Waals surface area contributed by atoms with Crippen molar-refractivity contribution in [3.8, 4) is 51.0 Å². The molecule has 0 aliphatic heterocycles. The number of allylic oxidation sites excluding steroid dienone is 4. The predicted octanol–water partition coefficient (Wildman–Crippen LogP) is 14.8. The summed E-state index contributed by atoms with van der Waals surface area (Å²) >= 11 is 0. The molecular formula is C57H37N5O. The summed E-state index contributed by atoms with van der Waals surface area (Å²) in [5.74, 6) is 1.85. The minimum Gasteiger partial charge on any atom is -0.456 e. The third kappa shape index (κ3) is 5.69. The first-order valence-corrected chi connectivity index (χ1v) is 21.5. The van der Waals surface area contributed by atoms with Gasteiger partial charge in [-0.25, -0.2) is 15.0 Å². The van der Waals surface area contributed by atoms with Crippen molar-refractivity contribution in [2.45, 2.75) is 12.8 Å². The Kier molecular flexibility index (Phi) is 7.93. The third-order valence-electron chi connectivity index (χ3n) is 12.6. The number of benzene rings is 8. The van der Waals surface area contributed by atoms with Crippen molar-refractivity contribution in [3.63, 3.8) is 0 Å². The highest BCUT2D eigenvalue weighted by atomic mass is 16.3. The van der Waals surface area contributed by atoms with Crippen molar-refractivity contribution in [2.24, 2.45) is 0 Å². The Balaban J connectivity index is 0.950. The van der Waals surface area contributed by atoms with Crippen LogP contribution in [0.4, 0.5) is 0 Å². The Morgan fingerprint density at radius 2 is 0.952 bits per heavy atom. The van der Waals surface area contributed by atoms with E-state index in [-0.39, 0.29) is 0 Å². The quantitative estimate of drug-likeness (QED) is 0.168. The molecule has 0 N–H and O–H groups in total. The first-order valence-electron chi connectivity index (χ1n) is 21.5. The van der Waals surface area contributed by atoms with Crippen molar-refractivity contribution in [1.29, 1.82) is 0 Å². The largest absolute Gasteiger partial charge is 0.456 e. The van der Waals surface area contributed by atoms with E-state index in [0.29, 0.717) is 17.5 Å². The molecule has 12 aromatic rings. The summed E-state index contributed by atoms with van der Waals surface area (Å²) in [6.45, 7) is 0. The number of rotatable bonds is 6. The third-order valence-corrected chi connectivity index (χ3v) is 12.6. The second-order valence-corrected chi connectivity index (χ2v) is 16.3. The maximum absolute atomic E-state index is 6.55. The smallest absolute Gasteiger partial charge is 0.164 e. The van der Waals surface area contributed by atoms with Gasteiger partial charge in [-0.15, -0.1) is 0 Å². The lowest BCUT2D eigenvalue weighted by atomic mass is 10.0. The summed E-state index contributed by atoms with van der Waals surface area (Å²) in [6.07, 6.45) is 9.06. The molecule has 0 amide bonds. The highest BCUT2D eigenvalue weighted by molar-refractivity contribution is 6.24. The molecule has 296 valence electrons. The molecule has 6 nitrogen and oxygen atoms in total. The molecule has 0 saturated heterocycles. The second kappa shape index (κ2) is 14.1. The molecule has 8 aromatic carbocycles. The number of aromatic nitrogens is 5. The molecule has 0 atom stereocenters. The van der Waals surface area contributed by atoms with Crippen molar-refractivity contribution in [3.05, 3.63) is 200 Å². The molecule has 0 unspecified atom stereocenters. The molecule has 4 aromatic heterocycles. The van der Waals surface area contributed by atoms with Gasteiger partial charge < -0.3 is 13.6 Å². The van der Waals surface area contributed by atoms with Gasteiger partial charge in [0.2, 0.25) is 0 Å². The van der Waals surface area contributed by atoms with E-state index in [1.807, 2.05) is 60.7 Å². The van der Waals surface area contributed by atoms with Crippen LogP contribution in [0.15, 0.2) is 205 Å². The van der Waals surface area contributed by atoms with E-state index in [4.69, 9.17) is 19.4 Å². The summed E-state index contributed by atoms with van der Waals surface area (Å²) < 4.78 is 11.5. The van der Waals surface area contributed by atoms with Gasteiger partial charge in [0.15, 0.2) is 17.5 Å². The lowest BCUT2D eigenvalue weighted by Crippen LogP contribution is -2.00. The van der Waals surface area contributed by atoms with Gasteiger partial charge >= 0.3 is 0 Å². The van der Waals surface area contributed by atoms with E-state index in [1.165, 1.54) is 49.3 Å². The van der Waals surface area contributed by atoms with E-state index in [1.54, 1.807) is 0 Å². The molecule has 63 heavy (non-hydrogen) atoms. The highest BCUT2D eigenvalue weighted by Crippen LogP contribution is 2.43. The molecule has 1 aliphatic rings. The minimum atomic E-state index is 0.595. The molecule has 0 bridgehead atoms. The average Bonchev–Trinajstić information content (AvgIpc) is 4.02. The molecule has 4 heterocycles. The van der Waals surface area contributed by atoms with Gasteiger partial charge in [-0.3, -0.25) is 0 Å². The van der Waals surface area contributed by atoms with Crippen LogP contribution in [0.2, 0.25) is 0 Å². The van der Waals surface area contributed by atoms with Crippen LogP contribution in [0.1, 0.15) is 12.8 Å². The van der Waals surface area contributed by atoms with Gasteiger partial charge in [0.25, 0.3) is 0 Å². The van der Waals surface area contributed by atoms with Crippen LogP contribution in [0.5, 0.6) is 0 Å². The van der Waals surface area contributed by atoms with Crippen LogP contribution in [0.25, 0.3) is 122 Å². The van der Waals surface area contributed by atoms with Crippen LogP contribution >= 0.6 is 0 Å². The van der Waals surface area contributed by atoms with Crippen molar-refractivity contribution in [2.75, 3.05) is 0 Å². The predicted molar refractivity (Wildman–Crippen MR) is 259 cm³/mol. The van der Waals surface area contributed by atoms with Gasteiger partial charge in [0.05, 0.1) is 22.1 Å². The molecule has 13 rings (SSSR count). The Labute approximate surface area is 362 Å². The number of fused-ring (bicyclic) bond motifs is 10. The maximum atomic E-state index is 6.55.